The van der Waals surface area contributed by atoms with Gasteiger partial charge in [-0.1, -0.05) is 19.1 Å². The summed E-state index contributed by atoms with van der Waals surface area (Å²) in [5, 5.41) is 3.42. The van der Waals surface area contributed by atoms with Gasteiger partial charge >= 0.3 is 0 Å². The number of aliphatic imine (C=N–C) groups is 1. The van der Waals surface area contributed by atoms with Gasteiger partial charge in [0.1, 0.15) is 0 Å². The number of rotatable bonds is 1. The third-order valence-electron chi connectivity index (χ3n) is 3.83. The Hall–Kier alpha value is -0.930. The zero-order valence-electron chi connectivity index (χ0n) is 9.82. The lowest BCUT2D eigenvalue weighted by atomic mass is 9.92. The minimum absolute atomic E-state index is 0.529. The van der Waals surface area contributed by atoms with E-state index >= 15 is 0 Å². The number of fused-ring (bicyclic) bond motifs is 2. The highest BCUT2D eigenvalue weighted by Crippen LogP contribution is 2.29. The fourth-order valence-electron chi connectivity index (χ4n) is 3.06. The summed E-state index contributed by atoms with van der Waals surface area (Å²) in [7, 11) is 0. The van der Waals surface area contributed by atoms with E-state index in [1.165, 1.54) is 17.8 Å². The molecule has 16 heavy (non-hydrogen) atoms. The maximum absolute atomic E-state index is 4.85. The van der Waals surface area contributed by atoms with Gasteiger partial charge in [0, 0.05) is 12.3 Å². The molecule has 1 N–H and O–H groups in total. The maximum atomic E-state index is 4.85. The highest BCUT2D eigenvalue weighted by molar-refractivity contribution is 5.93. The number of hydrogen-bond acceptors (Lipinski definition) is 3. The molecule has 1 fully saturated rings. The summed E-state index contributed by atoms with van der Waals surface area (Å²) in [6.45, 7) is 5.48. The van der Waals surface area contributed by atoms with Gasteiger partial charge < -0.3 is 5.32 Å². The molecule has 1 saturated heterocycles. The fourth-order valence-corrected chi connectivity index (χ4v) is 3.06. The molecule has 86 valence electrons. The van der Waals surface area contributed by atoms with E-state index in [2.05, 4.69) is 35.4 Å². The van der Waals surface area contributed by atoms with Crippen LogP contribution in [0.25, 0.3) is 0 Å². The van der Waals surface area contributed by atoms with Crippen molar-refractivity contribution < 1.29 is 0 Å². The Labute approximate surface area is 96.9 Å². The molecule has 3 aliphatic rings. The van der Waals surface area contributed by atoms with E-state index < -0.39 is 0 Å². The molecule has 2 aliphatic heterocycles. The smallest absolute Gasteiger partial charge is 0.0579 e. The van der Waals surface area contributed by atoms with Gasteiger partial charge in [0.2, 0.25) is 0 Å². The van der Waals surface area contributed by atoms with Crippen LogP contribution in [-0.2, 0) is 0 Å². The van der Waals surface area contributed by atoms with E-state index in [1.54, 1.807) is 0 Å². The molecule has 1 aliphatic carbocycles. The molecule has 3 heteroatoms. The Balaban J connectivity index is 1.98. The van der Waals surface area contributed by atoms with Gasteiger partial charge in [-0.15, -0.1) is 0 Å². The summed E-state index contributed by atoms with van der Waals surface area (Å²) in [6, 6.07) is 1.11. The van der Waals surface area contributed by atoms with Crippen LogP contribution in [0.1, 0.15) is 19.8 Å². The zero-order chi connectivity index (χ0) is 11.0. The molecular weight excluding hydrogens is 198 g/mol. The SMILES string of the molecule is CCN1C2CC=CC=C2N=C2CNCCC21. The predicted octanol–water partition coefficient (Wildman–Crippen LogP) is 1.34. The van der Waals surface area contributed by atoms with Gasteiger partial charge in [-0.25, -0.2) is 0 Å². The van der Waals surface area contributed by atoms with E-state index in [0.29, 0.717) is 12.1 Å². The van der Waals surface area contributed by atoms with Crippen LogP contribution in [-0.4, -0.2) is 42.3 Å². The number of piperidine rings is 1. The van der Waals surface area contributed by atoms with Crippen LogP contribution in [0.15, 0.2) is 28.9 Å². The van der Waals surface area contributed by atoms with Gasteiger partial charge in [0.15, 0.2) is 0 Å². The number of hydrogen-bond donors (Lipinski definition) is 1. The molecule has 2 unspecified atom stereocenters. The monoisotopic (exact) mass is 217 g/mol. The maximum Gasteiger partial charge on any atom is 0.0579 e. The molecule has 0 amide bonds. The summed E-state index contributed by atoms with van der Waals surface area (Å²) < 4.78 is 0. The van der Waals surface area contributed by atoms with Crippen molar-refractivity contribution in [1.29, 1.82) is 0 Å². The average Bonchev–Trinajstić information content (AvgIpc) is 2.36. The Bertz CT molecular complexity index is 367. The largest absolute Gasteiger partial charge is 0.311 e. The first-order valence-corrected chi connectivity index (χ1v) is 6.31. The first kappa shape index (κ1) is 10.2. The Morgan fingerprint density at radius 2 is 2.44 bits per heavy atom. The molecule has 0 spiro atoms. The second kappa shape index (κ2) is 4.15. The molecular formula is C13H19N3. The summed E-state index contributed by atoms with van der Waals surface area (Å²) >= 11 is 0. The molecule has 0 aromatic rings. The lowest BCUT2D eigenvalue weighted by molar-refractivity contribution is 0.178. The van der Waals surface area contributed by atoms with E-state index in [-0.39, 0.29) is 0 Å². The van der Waals surface area contributed by atoms with Gasteiger partial charge in [0.25, 0.3) is 0 Å². The van der Waals surface area contributed by atoms with Gasteiger partial charge in [-0.3, -0.25) is 9.89 Å². The minimum atomic E-state index is 0.529. The third-order valence-corrected chi connectivity index (χ3v) is 3.83. The second-order valence-electron chi connectivity index (χ2n) is 4.69. The fraction of sp³-hybridized carbons (Fsp3) is 0.615. The van der Waals surface area contributed by atoms with E-state index in [4.69, 9.17) is 4.99 Å². The van der Waals surface area contributed by atoms with Crippen LogP contribution >= 0.6 is 0 Å². The van der Waals surface area contributed by atoms with E-state index in [0.717, 1.165) is 26.1 Å². The molecule has 3 nitrogen and oxygen atoms in total. The van der Waals surface area contributed by atoms with Crippen molar-refractivity contribution in [3.63, 3.8) is 0 Å². The zero-order valence-corrected chi connectivity index (χ0v) is 9.82. The van der Waals surface area contributed by atoms with Crippen molar-refractivity contribution in [3.8, 4) is 0 Å². The summed E-state index contributed by atoms with van der Waals surface area (Å²) in [5.41, 5.74) is 2.60. The lowest BCUT2D eigenvalue weighted by Crippen LogP contribution is -2.56. The average molecular weight is 217 g/mol. The summed E-state index contributed by atoms with van der Waals surface area (Å²) in [5.74, 6) is 0. The molecule has 0 radical (unpaired) electrons. The molecule has 0 saturated carbocycles. The van der Waals surface area contributed by atoms with Crippen molar-refractivity contribution in [2.45, 2.75) is 31.8 Å². The highest BCUT2D eigenvalue weighted by Gasteiger charge is 2.36. The Morgan fingerprint density at radius 3 is 3.31 bits per heavy atom. The Kier molecular flexibility index (Phi) is 2.65. The summed E-state index contributed by atoms with van der Waals surface area (Å²) in [6.07, 6.45) is 8.91. The topological polar surface area (TPSA) is 27.6 Å². The number of nitrogens with one attached hydrogen (secondary N) is 1. The van der Waals surface area contributed by atoms with Gasteiger partial charge in [-0.05, 0) is 32.0 Å². The van der Waals surface area contributed by atoms with Crippen LogP contribution in [0.5, 0.6) is 0 Å². The van der Waals surface area contributed by atoms with Crippen molar-refractivity contribution in [1.82, 2.24) is 10.2 Å². The quantitative estimate of drug-likeness (QED) is 0.717. The molecule has 2 atom stereocenters. The number of allylic oxidation sites excluding steroid dienone is 2. The van der Waals surface area contributed by atoms with Gasteiger partial charge in [0.05, 0.1) is 17.8 Å². The Morgan fingerprint density at radius 1 is 1.50 bits per heavy atom. The molecule has 0 aromatic heterocycles. The van der Waals surface area contributed by atoms with Crippen molar-refractivity contribution in [2.24, 2.45) is 4.99 Å². The van der Waals surface area contributed by atoms with Crippen molar-refractivity contribution in [2.75, 3.05) is 19.6 Å². The van der Waals surface area contributed by atoms with Gasteiger partial charge in [-0.2, -0.15) is 0 Å². The van der Waals surface area contributed by atoms with E-state index in [1.807, 2.05) is 0 Å². The number of nitrogens with zero attached hydrogens (tertiary/aromatic N) is 2. The second-order valence-corrected chi connectivity index (χ2v) is 4.69. The van der Waals surface area contributed by atoms with Crippen LogP contribution in [0, 0.1) is 0 Å². The van der Waals surface area contributed by atoms with Crippen molar-refractivity contribution in [3.05, 3.63) is 23.9 Å². The lowest BCUT2D eigenvalue weighted by Gasteiger charge is -2.44. The first-order chi connectivity index (χ1) is 7.90. The standard InChI is InChI=1S/C13H19N3/c1-2-16-12-6-4-3-5-10(12)15-11-9-14-8-7-13(11)16/h3-5,12-14H,2,6-9H2,1H3. The van der Waals surface area contributed by atoms with Crippen LogP contribution in [0.2, 0.25) is 0 Å². The van der Waals surface area contributed by atoms with E-state index in [9.17, 15) is 0 Å². The summed E-state index contributed by atoms with van der Waals surface area (Å²) in [4.78, 5) is 7.47. The van der Waals surface area contributed by atoms with Crippen LogP contribution in [0.3, 0.4) is 0 Å². The minimum Gasteiger partial charge on any atom is -0.311 e. The molecule has 0 aromatic carbocycles. The third kappa shape index (κ3) is 1.55. The van der Waals surface area contributed by atoms with Crippen LogP contribution in [0.4, 0.5) is 0 Å². The normalized spacial score (nSPS) is 33.8. The van der Waals surface area contributed by atoms with Crippen molar-refractivity contribution >= 4 is 5.71 Å². The molecule has 3 rings (SSSR count). The molecule has 2 heterocycles. The first-order valence-electron chi connectivity index (χ1n) is 6.31. The number of likely N-dealkylation sites (N-methyl/N-ethyl adjacent to an activating group) is 1. The highest BCUT2D eigenvalue weighted by atomic mass is 15.2. The van der Waals surface area contributed by atoms with Crippen LogP contribution < -0.4 is 5.32 Å². The predicted molar refractivity (Wildman–Crippen MR) is 66.7 cm³/mol. The molecule has 0 bridgehead atoms.